The van der Waals surface area contributed by atoms with Gasteiger partial charge in [-0.15, -0.1) is 11.3 Å². The smallest absolute Gasteiger partial charge is 0.237 e. The predicted molar refractivity (Wildman–Crippen MR) is 103 cm³/mol. The first-order chi connectivity index (χ1) is 11.7. The van der Waals surface area contributed by atoms with Crippen molar-refractivity contribution < 1.29 is 4.79 Å². The van der Waals surface area contributed by atoms with Crippen LogP contribution in [0.5, 0.6) is 0 Å². The summed E-state index contributed by atoms with van der Waals surface area (Å²) >= 11 is 3.29. The molecule has 2 aliphatic rings. The third-order valence-electron chi connectivity index (χ3n) is 4.19. The lowest BCUT2D eigenvalue weighted by atomic mass is 10.0. The van der Waals surface area contributed by atoms with Crippen molar-refractivity contribution in [3.63, 3.8) is 0 Å². The molecule has 0 atom stereocenters. The van der Waals surface area contributed by atoms with E-state index in [-0.39, 0.29) is 5.91 Å². The molecule has 0 N–H and O–H groups in total. The molecular formula is C19H22N2OS2. The van der Waals surface area contributed by atoms with Gasteiger partial charge in [-0.05, 0) is 50.3 Å². The van der Waals surface area contributed by atoms with E-state index in [9.17, 15) is 4.79 Å². The summed E-state index contributed by atoms with van der Waals surface area (Å²) in [6.07, 6.45) is 14.2. The zero-order valence-corrected chi connectivity index (χ0v) is 15.6. The summed E-state index contributed by atoms with van der Waals surface area (Å²) < 4.78 is 1.00. The van der Waals surface area contributed by atoms with Gasteiger partial charge in [-0.25, -0.2) is 4.98 Å². The van der Waals surface area contributed by atoms with Crippen LogP contribution in [0.4, 0.5) is 0 Å². The lowest BCUT2D eigenvalue weighted by Crippen LogP contribution is -2.35. The normalized spacial score (nSPS) is 17.5. The molecule has 0 fully saturated rings. The van der Waals surface area contributed by atoms with E-state index in [4.69, 9.17) is 0 Å². The lowest BCUT2D eigenvalue weighted by Gasteiger charge is -2.29. The molecule has 3 nitrogen and oxygen atoms in total. The number of carbonyl (C=O) groups is 1. The van der Waals surface area contributed by atoms with Crippen LogP contribution in [0.1, 0.15) is 36.8 Å². The minimum absolute atomic E-state index is 0.159. The van der Waals surface area contributed by atoms with Gasteiger partial charge in [0.2, 0.25) is 5.91 Å². The Labute approximate surface area is 151 Å². The maximum atomic E-state index is 12.7. The Balaban J connectivity index is 1.66. The van der Waals surface area contributed by atoms with E-state index in [0.717, 1.165) is 48.0 Å². The molecule has 1 amide bonds. The second-order valence-electron chi connectivity index (χ2n) is 5.93. The van der Waals surface area contributed by atoms with Crippen LogP contribution in [0.25, 0.3) is 6.08 Å². The van der Waals surface area contributed by atoms with Gasteiger partial charge in [0, 0.05) is 17.1 Å². The van der Waals surface area contributed by atoms with Crippen molar-refractivity contribution in [2.24, 2.45) is 0 Å². The number of aromatic nitrogens is 1. The third-order valence-corrected chi connectivity index (χ3v) is 6.45. The number of nitrogens with zero attached hydrogens (tertiary/aromatic N) is 2. The number of thioether (sulfide) groups is 1. The molecule has 24 heavy (non-hydrogen) atoms. The molecule has 1 aromatic heterocycles. The van der Waals surface area contributed by atoms with Gasteiger partial charge in [0.15, 0.2) is 4.34 Å². The fraction of sp³-hybridized carbons (Fsp3) is 0.368. The van der Waals surface area contributed by atoms with Crippen LogP contribution in [0.3, 0.4) is 0 Å². The van der Waals surface area contributed by atoms with Gasteiger partial charge >= 0.3 is 0 Å². The standard InChI is InChI=1S/C19H22N2OS2/c1-3-4-10-16-14(2)8-7-12-21(16)18(22)13-23-19-20-15-9-5-6-11-17(15)24-19/h3-5,9-10H,1,6-8,11-13H2,2H3/b10-4-. The van der Waals surface area contributed by atoms with E-state index in [1.54, 1.807) is 29.2 Å². The minimum Gasteiger partial charge on any atom is -0.312 e. The van der Waals surface area contributed by atoms with Crippen LogP contribution in [0, 0.1) is 0 Å². The van der Waals surface area contributed by atoms with Crippen LogP contribution in [0.2, 0.25) is 0 Å². The van der Waals surface area contributed by atoms with Crippen molar-refractivity contribution in [1.29, 1.82) is 0 Å². The van der Waals surface area contributed by atoms with E-state index >= 15 is 0 Å². The average molecular weight is 359 g/mol. The zero-order valence-electron chi connectivity index (χ0n) is 14.0. The van der Waals surface area contributed by atoms with Gasteiger partial charge in [-0.1, -0.05) is 36.6 Å². The Kier molecular flexibility index (Phi) is 5.74. The largest absolute Gasteiger partial charge is 0.312 e. The summed E-state index contributed by atoms with van der Waals surface area (Å²) in [5.41, 5.74) is 3.39. The highest BCUT2D eigenvalue weighted by Crippen LogP contribution is 2.32. The fourth-order valence-corrected chi connectivity index (χ4v) is 5.03. The van der Waals surface area contributed by atoms with Gasteiger partial charge in [-0.2, -0.15) is 0 Å². The van der Waals surface area contributed by atoms with Crippen molar-refractivity contribution in [3.8, 4) is 0 Å². The van der Waals surface area contributed by atoms with Crippen LogP contribution >= 0.6 is 23.1 Å². The molecule has 0 radical (unpaired) electrons. The maximum absolute atomic E-state index is 12.7. The van der Waals surface area contributed by atoms with Crippen molar-refractivity contribution in [3.05, 3.63) is 52.7 Å². The summed E-state index contributed by atoms with van der Waals surface area (Å²) in [4.78, 5) is 20.6. The van der Waals surface area contributed by atoms with Gasteiger partial charge in [-0.3, -0.25) is 4.79 Å². The molecule has 2 heterocycles. The lowest BCUT2D eigenvalue weighted by molar-refractivity contribution is -0.126. The van der Waals surface area contributed by atoms with Crippen molar-refractivity contribution in [1.82, 2.24) is 9.88 Å². The molecule has 1 aliphatic heterocycles. The third kappa shape index (κ3) is 3.90. The first-order valence-electron chi connectivity index (χ1n) is 8.27. The molecule has 0 unspecified atom stereocenters. The minimum atomic E-state index is 0.159. The summed E-state index contributed by atoms with van der Waals surface area (Å²) in [6.45, 7) is 6.62. The second-order valence-corrected chi connectivity index (χ2v) is 8.23. The number of thiazole rings is 1. The number of rotatable bonds is 5. The second kappa shape index (κ2) is 7.99. The number of hydrogen-bond donors (Lipinski definition) is 0. The van der Waals surface area contributed by atoms with Crippen LogP contribution in [0.15, 0.2) is 46.5 Å². The fourth-order valence-electron chi connectivity index (χ4n) is 2.95. The van der Waals surface area contributed by atoms with E-state index in [2.05, 4.69) is 30.6 Å². The van der Waals surface area contributed by atoms with E-state index < -0.39 is 0 Å². The maximum Gasteiger partial charge on any atom is 0.237 e. The van der Waals surface area contributed by atoms with Gasteiger partial charge in [0.25, 0.3) is 0 Å². The highest BCUT2D eigenvalue weighted by molar-refractivity contribution is 8.01. The molecule has 0 bridgehead atoms. The van der Waals surface area contributed by atoms with Crippen molar-refractivity contribution in [2.45, 2.75) is 36.9 Å². The van der Waals surface area contributed by atoms with Gasteiger partial charge in [0.05, 0.1) is 11.4 Å². The Morgan fingerprint density at radius 3 is 3.17 bits per heavy atom. The Bertz CT molecular complexity index is 728. The number of carbonyl (C=O) groups excluding carboxylic acids is 1. The molecule has 3 rings (SSSR count). The van der Waals surface area contributed by atoms with Crippen molar-refractivity contribution in [2.75, 3.05) is 12.3 Å². The molecule has 0 saturated heterocycles. The molecule has 0 saturated carbocycles. The number of allylic oxidation sites excluding steroid dienone is 5. The molecule has 0 aromatic carbocycles. The predicted octanol–water partition coefficient (Wildman–Crippen LogP) is 4.83. The summed E-state index contributed by atoms with van der Waals surface area (Å²) in [7, 11) is 0. The Morgan fingerprint density at radius 2 is 2.38 bits per heavy atom. The van der Waals surface area contributed by atoms with Crippen molar-refractivity contribution >= 4 is 35.1 Å². The van der Waals surface area contributed by atoms with Gasteiger partial charge in [0.1, 0.15) is 0 Å². The van der Waals surface area contributed by atoms with Gasteiger partial charge < -0.3 is 4.90 Å². The summed E-state index contributed by atoms with van der Waals surface area (Å²) in [6, 6.07) is 0. The molecule has 0 spiro atoms. The Hall–Kier alpha value is -1.59. The molecule has 1 aromatic rings. The topological polar surface area (TPSA) is 33.2 Å². The first kappa shape index (κ1) is 17.2. The average Bonchev–Trinajstić information content (AvgIpc) is 3.01. The molecular weight excluding hydrogens is 336 g/mol. The monoisotopic (exact) mass is 358 g/mol. The zero-order chi connectivity index (χ0) is 16.9. The number of fused-ring (bicyclic) bond motifs is 1. The first-order valence-corrected chi connectivity index (χ1v) is 10.1. The quantitative estimate of drug-likeness (QED) is 0.558. The van der Waals surface area contributed by atoms with E-state index in [1.165, 1.54) is 10.5 Å². The van der Waals surface area contributed by atoms with Crippen LogP contribution < -0.4 is 0 Å². The summed E-state index contributed by atoms with van der Waals surface area (Å²) in [5.74, 6) is 0.598. The highest BCUT2D eigenvalue weighted by atomic mass is 32.2. The highest BCUT2D eigenvalue weighted by Gasteiger charge is 2.22. The van der Waals surface area contributed by atoms with Crippen LogP contribution in [-0.4, -0.2) is 28.1 Å². The number of amides is 1. The molecule has 5 heteroatoms. The molecule has 1 aliphatic carbocycles. The molecule has 126 valence electrons. The van der Waals surface area contributed by atoms with E-state index in [0.29, 0.717) is 5.75 Å². The summed E-state index contributed by atoms with van der Waals surface area (Å²) in [5, 5.41) is 0. The van der Waals surface area contributed by atoms with E-state index in [1.807, 2.05) is 17.1 Å². The van der Waals surface area contributed by atoms with Crippen LogP contribution in [-0.2, 0) is 11.2 Å². The SMILES string of the molecule is C=C/C=C\C1=C(C)CCCN1C(=O)CSc1nc2c(s1)CCC=C2. The number of aryl methyl sites for hydroxylation is 1. The number of hydrogen-bond acceptors (Lipinski definition) is 4. The Morgan fingerprint density at radius 1 is 1.50 bits per heavy atom.